The van der Waals surface area contributed by atoms with Gasteiger partial charge in [-0.05, 0) is 60.4 Å². The van der Waals surface area contributed by atoms with Gasteiger partial charge in [0.1, 0.15) is 29.6 Å². The number of nitrogens with zero attached hydrogens (tertiary/aromatic N) is 1. The van der Waals surface area contributed by atoms with Gasteiger partial charge in [-0.1, -0.05) is 30.3 Å². The molecule has 0 saturated heterocycles. The zero-order valence-electron chi connectivity index (χ0n) is 23.0. The number of phenolic OH excluding ortho intramolecular Hbond substituents is 1. The summed E-state index contributed by atoms with van der Waals surface area (Å²) in [5.41, 5.74) is 12.3. The molecule has 8 N–H and O–H groups in total. The highest BCUT2D eigenvalue weighted by Crippen LogP contribution is 2.33. The minimum atomic E-state index is -1.41. The number of ether oxygens (including phenoxy) is 1. The van der Waals surface area contributed by atoms with E-state index < -0.39 is 52.7 Å². The van der Waals surface area contributed by atoms with E-state index in [9.17, 15) is 34.4 Å². The Balaban J connectivity index is 1.80. The Labute approximate surface area is 245 Å². The number of amides is 4. The number of nitrogens with two attached hydrogens (primary N) is 2. The lowest BCUT2D eigenvalue weighted by Gasteiger charge is -2.26. The molecular weight excluding hydrogens is 560 g/mol. The Kier molecular flexibility index (Phi) is 9.20. The van der Waals surface area contributed by atoms with Crippen molar-refractivity contribution in [3.63, 3.8) is 0 Å². The van der Waals surface area contributed by atoms with E-state index in [4.69, 9.17) is 16.2 Å². The largest absolute Gasteiger partial charge is 0.508 e. The van der Waals surface area contributed by atoms with Gasteiger partial charge in [0.05, 0.1) is 11.0 Å². The minimum Gasteiger partial charge on any atom is -0.508 e. The molecule has 224 valence electrons. The molecule has 0 unspecified atom stereocenters. The molecule has 2 heterocycles. The van der Waals surface area contributed by atoms with Gasteiger partial charge in [-0.2, -0.15) is 0 Å². The van der Waals surface area contributed by atoms with E-state index in [1.54, 1.807) is 12.1 Å². The van der Waals surface area contributed by atoms with Gasteiger partial charge in [0.2, 0.25) is 29.4 Å². The molecule has 3 aromatic rings. The normalized spacial score (nSPS) is 19.3. The van der Waals surface area contributed by atoms with Crippen LogP contribution in [0.3, 0.4) is 0 Å². The fourth-order valence-corrected chi connectivity index (χ4v) is 4.42. The van der Waals surface area contributed by atoms with Crippen molar-refractivity contribution in [2.45, 2.75) is 43.9 Å². The Morgan fingerprint density at radius 3 is 2.49 bits per heavy atom. The zero-order chi connectivity index (χ0) is 31.3. The number of phenols is 1. The second kappa shape index (κ2) is 13.0. The first-order valence-electron chi connectivity index (χ1n) is 13.2. The molecule has 0 aromatic heterocycles. The first kappa shape index (κ1) is 30.5. The maximum atomic E-state index is 13.7. The van der Waals surface area contributed by atoms with Crippen LogP contribution in [0, 0.1) is 10.1 Å². The molecule has 0 fully saturated rings. The van der Waals surface area contributed by atoms with Crippen LogP contribution in [0.25, 0.3) is 0 Å². The van der Waals surface area contributed by atoms with E-state index in [0.717, 1.165) is 0 Å². The van der Waals surface area contributed by atoms with Gasteiger partial charge >= 0.3 is 5.69 Å². The molecule has 5 rings (SSSR count). The summed E-state index contributed by atoms with van der Waals surface area (Å²) >= 11 is 0. The average molecular weight is 591 g/mol. The quantitative estimate of drug-likeness (QED) is 0.176. The molecule has 43 heavy (non-hydrogen) atoms. The van der Waals surface area contributed by atoms with Gasteiger partial charge in [0.15, 0.2) is 0 Å². The summed E-state index contributed by atoms with van der Waals surface area (Å²) in [5, 5.41) is 29.2. The van der Waals surface area contributed by atoms with Crippen molar-refractivity contribution >= 4 is 29.3 Å². The summed E-state index contributed by atoms with van der Waals surface area (Å²) in [6, 6.07) is 11.1. The molecule has 0 saturated carbocycles. The van der Waals surface area contributed by atoms with Crippen LogP contribution in [0.4, 0.5) is 5.69 Å². The van der Waals surface area contributed by atoms with Gasteiger partial charge in [0, 0.05) is 12.5 Å². The van der Waals surface area contributed by atoms with Crippen LogP contribution >= 0.6 is 0 Å². The van der Waals surface area contributed by atoms with Crippen LogP contribution in [0.2, 0.25) is 0 Å². The lowest BCUT2D eigenvalue weighted by atomic mass is 10.0. The summed E-state index contributed by atoms with van der Waals surface area (Å²) in [6.45, 7) is 1.37. The van der Waals surface area contributed by atoms with Crippen LogP contribution < -0.4 is 32.2 Å². The molecule has 3 aromatic carbocycles. The number of benzene rings is 3. The summed E-state index contributed by atoms with van der Waals surface area (Å²) in [4.78, 5) is 63.1. The number of aromatic hydroxyl groups is 1. The van der Waals surface area contributed by atoms with Gasteiger partial charge in [-0.15, -0.1) is 0 Å². The first-order chi connectivity index (χ1) is 20.4. The Morgan fingerprint density at radius 2 is 1.81 bits per heavy atom. The first-order valence-corrected chi connectivity index (χ1v) is 13.2. The number of hydrogen-bond acceptors (Lipinski definition) is 9. The predicted octanol–water partition coefficient (Wildman–Crippen LogP) is 0.851. The standard InChI is InChI=1S/C29H30N6O8/c1-15(26(31)37)32-29(40)25-18-3-2-4-20(14-18)43-24-10-7-17(13-23(24)35(41)42)11-21(30)27(38)33-22(28(39)34-25)12-16-5-8-19(36)9-6-16/h2-10,13-15,21-22,25,36H,11-12,30H2,1H3,(H2,31,37)(H,32,40)(H,33,38)(H,34,39)/t15-,21+,22-,25+/m0/s1. The Morgan fingerprint density at radius 1 is 1.09 bits per heavy atom. The van der Waals surface area contributed by atoms with E-state index in [2.05, 4.69) is 16.0 Å². The Bertz CT molecular complexity index is 1560. The van der Waals surface area contributed by atoms with E-state index in [1.165, 1.54) is 61.5 Å². The van der Waals surface area contributed by atoms with Gasteiger partial charge in [0.25, 0.3) is 0 Å². The second-order valence-electron chi connectivity index (χ2n) is 10.1. The third-order valence-electron chi connectivity index (χ3n) is 6.78. The van der Waals surface area contributed by atoms with Crippen LogP contribution in [-0.4, -0.2) is 51.8 Å². The van der Waals surface area contributed by atoms with Crippen molar-refractivity contribution in [3.05, 3.63) is 93.5 Å². The van der Waals surface area contributed by atoms with Gasteiger partial charge in [-0.25, -0.2) is 0 Å². The highest BCUT2D eigenvalue weighted by Gasteiger charge is 2.31. The van der Waals surface area contributed by atoms with E-state index in [0.29, 0.717) is 11.1 Å². The third kappa shape index (κ3) is 7.62. The maximum Gasteiger partial charge on any atom is 0.311 e. The van der Waals surface area contributed by atoms with Crippen molar-refractivity contribution in [1.82, 2.24) is 16.0 Å². The molecule has 0 radical (unpaired) electrons. The van der Waals surface area contributed by atoms with E-state index in [-0.39, 0.29) is 41.3 Å². The lowest BCUT2D eigenvalue weighted by molar-refractivity contribution is -0.385. The third-order valence-corrected chi connectivity index (χ3v) is 6.78. The number of primary amides is 1. The van der Waals surface area contributed by atoms with Crippen LogP contribution in [0.15, 0.2) is 66.7 Å². The topological polar surface area (TPSA) is 229 Å². The van der Waals surface area contributed by atoms with Crippen LogP contribution in [0.1, 0.15) is 29.7 Å². The smallest absolute Gasteiger partial charge is 0.311 e. The summed E-state index contributed by atoms with van der Waals surface area (Å²) in [6.07, 6.45) is -0.133. The molecule has 0 spiro atoms. The molecule has 4 bridgehead atoms. The summed E-state index contributed by atoms with van der Waals surface area (Å²) < 4.78 is 5.81. The zero-order valence-corrected chi connectivity index (χ0v) is 23.0. The molecule has 14 nitrogen and oxygen atoms in total. The van der Waals surface area contributed by atoms with Crippen molar-refractivity contribution in [2.24, 2.45) is 11.5 Å². The molecule has 4 amide bonds. The molecular formula is C29H30N6O8. The second-order valence-corrected chi connectivity index (χ2v) is 10.1. The average Bonchev–Trinajstić information content (AvgIpc) is 2.96. The molecule has 2 aliphatic rings. The molecule has 2 aliphatic heterocycles. The van der Waals surface area contributed by atoms with Crippen molar-refractivity contribution in [3.8, 4) is 17.2 Å². The van der Waals surface area contributed by atoms with Crippen molar-refractivity contribution in [1.29, 1.82) is 0 Å². The summed E-state index contributed by atoms with van der Waals surface area (Å²) in [5.74, 6) is -3.05. The number of nitro groups is 1. The van der Waals surface area contributed by atoms with Gasteiger partial charge < -0.3 is 37.3 Å². The minimum absolute atomic E-state index is 0.000215. The fraction of sp³-hybridized carbons (Fsp3) is 0.241. The monoisotopic (exact) mass is 590 g/mol. The molecule has 4 atom stereocenters. The van der Waals surface area contributed by atoms with Gasteiger partial charge in [-0.3, -0.25) is 29.3 Å². The highest BCUT2D eigenvalue weighted by molar-refractivity contribution is 5.95. The SMILES string of the molecule is C[C@H](NC(=O)[C@@H]1NC(=O)[C@H](Cc2ccc(O)cc2)NC(=O)[C@H](N)Cc2ccc(c([N+](=O)[O-])c2)Oc2cccc1c2)C(N)=O. The maximum absolute atomic E-state index is 13.7. The van der Waals surface area contributed by atoms with E-state index >= 15 is 0 Å². The number of fused-ring (bicyclic) bond motifs is 9. The predicted molar refractivity (Wildman–Crippen MR) is 153 cm³/mol. The number of hydrogen-bond donors (Lipinski definition) is 6. The lowest BCUT2D eigenvalue weighted by Crippen LogP contribution is -2.55. The number of nitrogens with one attached hydrogen (secondary N) is 3. The number of rotatable bonds is 6. The van der Waals surface area contributed by atoms with Crippen LogP contribution in [-0.2, 0) is 32.0 Å². The number of nitro benzene ring substituents is 1. The van der Waals surface area contributed by atoms with E-state index in [1.807, 2.05) is 0 Å². The Hall–Kier alpha value is -5.50. The van der Waals surface area contributed by atoms with Crippen molar-refractivity contribution in [2.75, 3.05) is 0 Å². The molecule has 0 aliphatic carbocycles. The number of carbonyl (C=O) groups excluding carboxylic acids is 4. The van der Waals surface area contributed by atoms with Crippen molar-refractivity contribution < 1.29 is 33.9 Å². The highest BCUT2D eigenvalue weighted by atomic mass is 16.6. The van der Waals surface area contributed by atoms with Crippen LogP contribution in [0.5, 0.6) is 17.2 Å². The fourth-order valence-electron chi connectivity index (χ4n) is 4.42. The summed E-state index contributed by atoms with van der Waals surface area (Å²) in [7, 11) is 0. The number of carbonyl (C=O) groups is 4. The molecule has 14 heteroatoms.